The lowest BCUT2D eigenvalue weighted by molar-refractivity contribution is -0.118. The molecule has 0 aliphatic heterocycles. The zero-order chi connectivity index (χ0) is 23.0. The number of nitrogens with one attached hydrogen (secondary N) is 1. The molecule has 4 rings (SSSR count). The number of rotatable bonds is 10. The van der Waals surface area contributed by atoms with Crippen molar-refractivity contribution in [1.82, 2.24) is 20.1 Å². The van der Waals surface area contributed by atoms with E-state index < -0.39 is 0 Å². The number of halogens is 1. The van der Waals surface area contributed by atoms with Gasteiger partial charge in [-0.15, -0.1) is 10.2 Å². The van der Waals surface area contributed by atoms with Crippen molar-refractivity contribution in [3.63, 3.8) is 0 Å². The van der Waals surface area contributed by atoms with E-state index in [0.717, 1.165) is 17.7 Å². The van der Waals surface area contributed by atoms with Gasteiger partial charge in [-0.3, -0.25) is 9.36 Å². The predicted molar refractivity (Wildman–Crippen MR) is 131 cm³/mol. The lowest BCUT2D eigenvalue weighted by atomic mass is 9.96. The molecule has 0 fully saturated rings. The molecule has 2 heterocycles. The number of furan rings is 1. The van der Waals surface area contributed by atoms with E-state index in [4.69, 9.17) is 16.0 Å². The van der Waals surface area contributed by atoms with Crippen LogP contribution in [0.4, 0.5) is 0 Å². The summed E-state index contributed by atoms with van der Waals surface area (Å²) in [5.74, 6) is 1.99. The van der Waals surface area contributed by atoms with E-state index in [1.807, 2.05) is 59.2 Å². The Morgan fingerprint density at radius 3 is 2.58 bits per heavy atom. The maximum atomic E-state index is 12.6. The first kappa shape index (κ1) is 23.1. The Kier molecular flexibility index (Phi) is 7.86. The second kappa shape index (κ2) is 11.2. The third-order valence-corrected chi connectivity index (χ3v) is 6.57. The van der Waals surface area contributed by atoms with E-state index >= 15 is 0 Å². The van der Waals surface area contributed by atoms with Gasteiger partial charge in [0.25, 0.3) is 0 Å². The summed E-state index contributed by atoms with van der Waals surface area (Å²) in [5, 5.41) is 13.1. The molecular formula is C25H25ClN4O2S. The van der Waals surface area contributed by atoms with Gasteiger partial charge in [-0.25, -0.2) is 0 Å². The van der Waals surface area contributed by atoms with E-state index in [0.29, 0.717) is 35.0 Å². The van der Waals surface area contributed by atoms with Crippen molar-refractivity contribution in [2.24, 2.45) is 0 Å². The number of hydrogen-bond donors (Lipinski definition) is 1. The van der Waals surface area contributed by atoms with Crippen LogP contribution >= 0.6 is 23.4 Å². The van der Waals surface area contributed by atoms with Gasteiger partial charge in [-0.2, -0.15) is 0 Å². The van der Waals surface area contributed by atoms with Gasteiger partial charge >= 0.3 is 0 Å². The Morgan fingerprint density at radius 2 is 1.88 bits per heavy atom. The molecule has 0 bridgehead atoms. The molecule has 4 aromatic rings. The smallest absolute Gasteiger partial charge is 0.230 e. The minimum atomic E-state index is -0.0324. The Labute approximate surface area is 202 Å². The van der Waals surface area contributed by atoms with Gasteiger partial charge in [-0.1, -0.05) is 60.6 Å². The summed E-state index contributed by atoms with van der Waals surface area (Å²) in [5.41, 5.74) is 2.13. The van der Waals surface area contributed by atoms with Crippen LogP contribution in [0.5, 0.6) is 0 Å². The summed E-state index contributed by atoms with van der Waals surface area (Å²) < 4.78 is 7.49. The highest BCUT2D eigenvalue weighted by atomic mass is 35.5. The maximum Gasteiger partial charge on any atom is 0.230 e. The van der Waals surface area contributed by atoms with Gasteiger partial charge in [-0.05, 0) is 48.4 Å². The van der Waals surface area contributed by atoms with Crippen LogP contribution in [0.2, 0.25) is 5.02 Å². The third-order valence-electron chi connectivity index (χ3n) is 5.36. The molecule has 0 aliphatic rings. The van der Waals surface area contributed by atoms with Crippen LogP contribution in [0.1, 0.15) is 30.6 Å². The molecule has 0 radical (unpaired) electrons. The van der Waals surface area contributed by atoms with Crippen LogP contribution in [0.25, 0.3) is 11.4 Å². The topological polar surface area (TPSA) is 73.0 Å². The van der Waals surface area contributed by atoms with Crippen molar-refractivity contribution < 1.29 is 9.21 Å². The highest BCUT2D eigenvalue weighted by Crippen LogP contribution is 2.26. The van der Waals surface area contributed by atoms with Crippen molar-refractivity contribution in [1.29, 1.82) is 0 Å². The molecule has 0 saturated carbocycles. The molecule has 0 aliphatic carbocycles. The molecular weight excluding hydrogens is 456 g/mol. The molecule has 0 spiro atoms. The van der Waals surface area contributed by atoms with Crippen molar-refractivity contribution >= 4 is 29.3 Å². The summed E-state index contributed by atoms with van der Waals surface area (Å²) in [4.78, 5) is 12.6. The fourth-order valence-electron chi connectivity index (χ4n) is 3.55. The molecule has 1 atom stereocenters. The fourth-order valence-corrected chi connectivity index (χ4v) is 4.44. The number of hydrogen-bond acceptors (Lipinski definition) is 5. The van der Waals surface area contributed by atoms with Crippen LogP contribution in [0.3, 0.4) is 0 Å². The molecule has 1 amide bonds. The SMILES string of the molecule is CC[C@@H](CNC(=O)CSc1nnc(-c2ccc(Cl)cc2)n1Cc1ccco1)c1ccccc1. The number of thioether (sulfide) groups is 1. The molecule has 2 aromatic carbocycles. The van der Waals surface area contributed by atoms with Crippen molar-refractivity contribution in [3.05, 3.63) is 89.3 Å². The average molecular weight is 481 g/mol. The van der Waals surface area contributed by atoms with Gasteiger partial charge in [0.2, 0.25) is 5.91 Å². The van der Waals surface area contributed by atoms with Crippen LogP contribution in [0, 0.1) is 0 Å². The van der Waals surface area contributed by atoms with E-state index in [1.54, 1.807) is 6.26 Å². The van der Waals surface area contributed by atoms with Gasteiger partial charge in [0.15, 0.2) is 11.0 Å². The maximum absolute atomic E-state index is 12.6. The van der Waals surface area contributed by atoms with E-state index in [1.165, 1.54) is 17.3 Å². The molecule has 33 heavy (non-hydrogen) atoms. The molecule has 1 N–H and O–H groups in total. The van der Waals surface area contributed by atoms with E-state index in [2.05, 4.69) is 34.6 Å². The van der Waals surface area contributed by atoms with Gasteiger partial charge in [0, 0.05) is 23.0 Å². The summed E-state index contributed by atoms with van der Waals surface area (Å²) >= 11 is 7.40. The van der Waals surface area contributed by atoms with Gasteiger partial charge < -0.3 is 9.73 Å². The van der Waals surface area contributed by atoms with Crippen LogP contribution in [0.15, 0.2) is 82.6 Å². The summed E-state index contributed by atoms with van der Waals surface area (Å²) in [6.07, 6.45) is 2.60. The Morgan fingerprint density at radius 1 is 1.09 bits per heavy atom. The minimum absolute atomic E-state index is 0.0324. The van der Waals surface area contributed by atoms with Crippen molar-refractivity contribution in [2.45, 2.75) is 31.0 Å². The molecule has 0 saturated heterocycles. The molecule has 170 valence electrons. The summed E-state index contributed by atoms with van der Waals surface area (Å²) in [6, 6.07) is 21.5. The zero-order valence-electron chi connectivity index (χ0n) is 18.3. The normalized spacial score (nSPS) is 11.9. The standard InChI is InChI=1S/C25H25ClN4O2S/c1-2-18(19-7-4-3-5-8-19)15-27-23(31)17-33-25-29-28-24(20-10-12-21(26)13-11-20)30(25)16-22-9-6-14-32-22/h3-14,18H,2,15-17H2,1H3,(H,27,31)/t18-/m0/s1. The highest BCUT2D eigenvalue weighted by molar-refractivity contribution is 7.99. The van der Waals surface area contributed by atoms with Crippen LogP contribution in [-0.4, -0.2) is 33.0 Å². The average Bonchev–Trinajstić information content (AvgIpc) is 3.50. The van der Waals surface area contributed by atoms with E-state index in [9.17, 15) is 4.79 Å². The van der Waals surface area contributed by atoms with Crippen LogP contribution in [-0.2, 0) is 11.3 Å². The minimum Gasteiger partial charge on any atom is -0.467 e. The lowest BCUT2D eigenvalue weighted by Gasteiger charge is -2.16. The zero-order valence-corrected chi connectivity index (χ0v) is 19.9. The first-order valence-electron chi connectivity index (χ1n) is 10.8. The summed E-state index contributed by atoms with van der Waals surface area (Å²) in [6.45, 7) is 3.21. The van der Waals surface area contributed by atoms with Gasteiger partial charge in [0.1, 0.15) is 5.76 Å². The molecule has 8 heteroatoms. The summed E-state index contributed by atoms with van der Waals surface area (Å²) in [7, 11) is 0. The first-order chi connectivity index (χ1) is 16.1. The molecule has 0 unspecified atom stereocenters. The largest absolute Gasteiger partial charge is 0.467 e. The second-order valence-corrected chi connectivity index (χ2v) is 8.97. The Bertz CT molecular complexity index is 1160. The van der Waals surface area contributed by atoms with Crippen molar-refractivity contribution in [3.8, 4) is 11.4 Å². The highest BCUT2D eigenvalue weighted by Gasteiger charge is 2.18. The van der Waals surface area contributed by atoms with Gasteiger partial charge in [0.05, 0.1) is 18.6 Å². The monoisotopic (exact) mass is 480 g/mol. The first-order valence-corrected chi connectivity index (χ1v) is 12.2. The Balaban J connectivity index is 1.43. The number of carbonyl (C=O) groups excluding carboxylic acids is 1. The number of amides is 1. The molecule has 6 nitrogen and oxygen atoms in total. The van der Waals surface area contributed by atoms with Crippen LogP contribution < -0.4 is 5.32 Å². The lowest BCUT2D eigenvalue weighted by Crippen LogP contribution is -2.29. The number of nitrogens with zero attached hydrogens (tertiary/aromatic N) is 3. The fraction of sp³-hybridized carbons (Fsp3) is 0.240. The number of aromatic nitrogens is 3. The third kappa shape index (κ3) is 6.06. The number of benzene rings is 2. The van der Waals surface area contributed by atoms with Crippen molar-refractivity contribution in [2.75, 3.05) is 12.3 Å². The predicted octanol–water partition coefficient (Wildman–Crippen LogP) is 5.64. The molecule has 2 aromatic heterocycles. The van der Waals surface area contributed by atoms with E-state index in [-0.39, 0.29) is 11.7 Å². The quantitative estimate of drug-likeness (QED) is 0.297. The number of carbonyl (C=O) groups is 1. The second-order valence-electron chi connectivity index (χ2n) is 7.59. The Hall–Kier alpha value is -3.03.